The van der Waals surface area contributed by atoms with Crippen LogP contribution in [0.4, 0.5) is 0 Å². The van der Waals surface area contributed by atoms with E-state index in [1.54, 1.807) is 5.94 Å². The molecule has 44 valence electrons. The van der Waals surface area contributed by atoms with Crippen LogP contribution in [0.15, 0.2) is 5.76 Å². The third-order valence-electron chi connectivity index (χ3n) is 0.709. The van der Waals surface area contributed by atoms with E-state index in [4.69, 9.17) is 0 Å². The van der Waals surface area contributed by atoms with Crippen LogP contribution in [0.25, 0.3) is 0 Å². The van der Waals surface area contributed by atoms with Crippen LogP contribution in [-0.2, 0) is 19.6 Å². The lowest BCUT2D eigenvalue weighted by atomic mass is 10.4. The minimum Gasteiger partial charge on any atom is -0.301 e. The molecule has 0 aromatic heterocycles. The standard InChI is InChI=1S/C4H4O4/c5-3-4-1-2-6-8-7-4/h1-2H2. The van der Waals surface area contributed by atoms with Crippen LogP contribution >= 0.6 is 0 Å². The lowest BCUT2D eigenvalue weighted by molar-refractivity contribution is -0.512. The zero-order valence-corrected chi connectivity index (χ0v) is 4.05. The van der Waals surface area contributed by atoms with Gasteiger partial charge in [0.15, 0.2) is 5.94 Å². The van der Waals surface area contributed by atoms with Gasteiger partial charge in [-0.2, -0.15) is 4.89 Å². The van der Waals surface area contributed by atoms with E-state index >= 15 is 0 Å². The summed E-state index contributed by atoms with van der Waals surface area (Å²) in [6.07, 6.45) is 0.434. The summed E-state index contributed by atoms with van der Waals surface area (Å²) in [5.41, 5.74) is 0. The van der Waals surface area contributed by atoms with Gasteiger partial charge in [0.2, 0.25) is 5.76 Å². The summed E-state index contributed by atoms with van der Waals surface area (Å²) < 4.78 is 0. The highest BCUT2D eigenvalue weighted by Crippen LogP contribution is 2.06. The summed E-state index contributed by atoms with van der Waals surface area (Å²) in [7, 11) is 0. The normalized spacial score (nSPS) is 19.2. The van der Waals surface area contributed by atoms with Crippen molar-refractivity contribution in [1.82, 2.24) is 0 Å². The van der Waals surface area contributed by atoms with Gasteiger partial charge >= 0.3 is 0 Å². The molecule has 0 aromatic carbocycles. The Morgan fingerprint density at radius 3 is 2.88 bits per heavy atom. The molecule has 8 heavy (non-hydrogen) atoms. The smallest absolute Gasteiger partial charge is 0.230 e. The summed E-state index contributed by atoms with van der Waals surface area (Å²) in [6, 6.07) is 0. The Kier molecular flexibility index (Phi) is 1.64. The Morgan fingerprint density at radius 2 is 2.50 bits per heavy atom. The molecule has 1 aliphatic heterocycles. The molecule has 4 nitrogen and oxygen atoms in total. The molecule has 0 spiro atoms. The van der Waals surface area contributed by atoms with Crippen molar-refractivity contribution >= 4 is 5.94 Å². The summed E-state index contributed by atoms with van der Waals surface area (Å²) in [6.45, 7) is 0.352. The van der Waals surface area contributed by atoms with Crippen molar-refractivity contribution in [2.45, 2.75) is 6.42 Å². The maximum absolute atomic E-state index is 9.74. The van der Waals surface area contributed by atoms with E-state index in [0.29, 0.717) is 13.0 Å². The number of carbonyl (C=O) groups excluding carboxylic acids is 1. The first kappa shape index (κ1) is 5.31. The van der Waals surface area contributed by atoms with Crippen LogP contribution in [0.3, 0.4) is 0 Å². The second-order valence-corrected chi connectivity index (χ2v) is 1.25. The quantitative estimate of drug-likeness (QED) is 0.329. The Morgan fingerprint density at radius 1 is 1.62 bits per heavy atom. The van der Waals surface area contributed by atoms with Crippen molar-refractivity contribution in [2.75, 3.05) is 6.61 Å². The first-order chi connectivity index (χ1) is 3.93. The first-order valence-corrected chi connectivity index (χ1v) is 2.13. The van der Waals surface area contributed by atoms with Gasteiger partial charge in [0.25, 0.3) is 0 Å². The monoisotopic (exact) mass is 116 g/mol. The van der Waals surface area contributed by atoms with Crippen molar-refractivity contribution in [2.24, 2.45) is 0 Å². The number of rotatable bonds is 0. The molecule has 0 radical (unpaired) electrons. The average molecular weight is 116 g/mol. The van der Waals surface area contributed by atoms with Crippen molar-refractivity contribution in [3.05, 3.63) is 5.76 Å². The van der Waals surface area contributed by atoms with E-state index < -0.39 is 0 Å². The Hall–Kier alpha value is -0.830. The van der Waals surface area contributed by atoms with Crippen molar-refractivity contribution < 1.29 is 19.6 Å². The minimum atomic E-state index is 0.149. The molecule has 0 aromatic rings. The Balaban J connectivity index is 2.45. The van der Waals surface area contributed by atoms with Gasteiger partial charge in [0.05, 0.1) is 6.61 Å². The maximum atomic E-state index is 9.74. The molecule has 0 unspecified atom stereocenters. The second-order valence-electron chi connectivity index (χ2n) is 1.25. The van der Waals surface area contributed by atoms with Gasteiger partial charge in [0.1, 0.15) is 0 Å². The molecule has 1 heterocycles. The van der Waals surface area contributed by atoms with Crippen molar-refractivity contribution in [3.63, 3.8) is 0 Å². The van der Waals surface area contributed by atoms with E-state index in [9.17, 15) is 4.79 Å². The molecule has 0 saturated carbocycles. The Labute approximate surface area is 45.5 Å². The predicted molar refractivity (Wildman–Crippen MR) is 21.9 cm³/mol. The van der Waals surface area contributed by atoms with E-state index in [1.165, 1.54) is 0 Å². The third-order valence-corrected chi connectivity index (χ3v) is 0.709. The van der Waals surface area contributed by atoms with Gasteiger partial charge in [0, 0.05) is 6.42 Å². The highest BCUT2D eigenvalue weighted by molar-refractivity contribution is 5.49. The zero-order valence-electron chi connectivity index (χ0n) is 4.05. The number of hydrogen-bond donors (Lipinski definition) is 0. The van der Waals surface area contributed by atoms with E-state index in [0.717, 1.165) is 0 Å². The fraction of sp³-hybridized carbons (Fsp3) is 0.500. The summed E-state index contributed by atoms with van der Waals surface area (Å²) in [4.78, 5) is 18.2. The molecule has 0 bridgehead atoms. The lowest BCUT2D eigenvalue weighted by Gasteiger charge is -2.08. The SMILES string of the molecule is O=C=C1CCOOO1. The van der Waals surface area contributed by atoms with E-state index in [2.05, 4.69) is 14.8 Å². The molecule has 1 saturated heterocycles. The van der Waals surface area contributed by atoms with Crippen LogP contribution in [0.1, 0.15) is 6.42 Å². The van der Waals surface area contributed by atoms with Crippen LogP contribution in [0, 0.1) is 0 Å². The Bertz CT molecular complexity index is 116. The molecule has 1 rings (SSSR count). The molecule has 0 amide bonds. The van der Waals surface area contributed by atoms with Crippen LogP contribution < -0.4 is 0 Å². The fourth-order valence-corrected chi connectivity index (χ4v) is 0.343. The minimum absolute atomic E-state index is 0.149. The number of hydrogen-bond acceptors (Lipinski definition) is 4. The van der Waals surface area contributed by atoms with Crippen molar-refractivity contribution in [3.8, 4) is 0 Å². The van der Waals surface area contributed by atoms with Gasteiger partial charge in [-0.3, -0.25) is 0 Å². The van der Waals surface area contributed by atoms with Crippen LogP contribution in [-0.4, -0.2) is 12.5 Å². The van der Waals surface area contributed by atoms with Crippen molar-refractivity contribution in [1.29, 1.82) is 0 Å². The lowest BCUT2D eigenvalue weighted by Crippen LogP contribution is -2.07. The second kappa shape index (κ2) is 2.47. The first-order valence-electron chi connectivity index (χ1n) is 2.13. The van der Waals surface area contributed by atoms with E-state index in [1.807, 2.05) is 0 Å². The molecule has 0 atom stereocenters. The highest BCUT2D eigenvalue weighted by Gasteiger charge is 2.07. The third kappa shape index (κ3) is 1.07. The maximum Gasteiger partial charge on any atom is 0.230 e. The van der Waals surface area contributed by atoms with Gasteiger partial charge < -0.3 is 4.89 Å². The molecule has 1 fully saturated rings. The van der Waals surface area contributed by atoms with Crippen LogP contribution in [0.5, 0.6) is 0 Å². The fourth-order valence-electron chi connectivity index (χ4n) is 0.343. The molecular weight excluding hydrogens is 112 g/mol. The topological polar surface area (TPSA) is 44.8 Å². The molecule has 0 N–H and O–H groups in total. The summed E-state index contributed by atoms with van der Waals surface area (Å²) in [5.74, 6) is 1.69. The summed E-state index contributed by atoms with van der Waals surface area (Å²) in [5, 5.41) is 3.97. The van der Waals surface area contributed by atoms with Gasteiger partial charge in [-0.15, -0.1) is 0 Å². The largest absolute Gasteiger partial charge is 0.301 e. The molecule has 4 heteroatoms. The molecule has 1 aliphatic rings. The van der Waals surface area contributed by atoms with Gasteiger partial charge in [-0.05, 0) is 5.04 Å². The van der Waals surface area contributed by atoms with Gasteiger partial charge in [-0.1, -0.05) is 0 Å². The average Bonchev–Trinajstić information content (AvgIpc) is 1.90. The molecule has 0 aliphatic carbocycles. The van der Waals surface area contributed by atoms with Crippen LogP contribution in [0.2, 0.25) is 0 Å². The van der Waals surface area contributed by atoms with Gasteiger partial charge in [-0.25, -0.2) is 4.79 Å². The zero-order chi connectivity index (χ0) is 5.82. The summed E-state index contributed by atoms with van der Waals surface area (Å²) >= 11 is 0. The molecular formula is C4H4O4. The van der Waals surface area contributed by atoms with E-state index in [-0.39, 0.29) is 5.76 Å². The predicted octanol–water partition coefficient (Wildman–Crippen LogP) is -0.0146. The highest BCUT2D eigenvalue weighted by atomic mass is 17.5.